The summed E-state index contributed by atoms with van der Waals surface area (Å²) in [7, 11) is 0. The van der Waals surface area contributed by atoms with Crippen molar-refractivity contribution in [2.24, 2.45) is 0 Å². The molecule has 2 aliphatic carbocycles. The van der Waals surface area contributed by atoms with Crippen LogP contribution >= 0.6 is 0 Å². The Kier molecular flexibility index (Phi) is 7.22. The Morgan fingerprint density at radius 1 is 0.491 bits per heavy atom. The zero-order chi connectivity index (χ0) is 38.8. The van der Waals surface area contributed by atoms with Gasteiger partial charge in [0.1, 0.15) is 11.5 Å². The summed E-state index contributed by atoms with van der Waals surface area (Å²) in [5, 5.41) is 0. The molecular weight excluding hydrogens is 691 g/mol. The molecule has 0 bridgehead atoms. The van der Waals surface area contributed by atoms with Crippen molar-refractivity contribution in [1.82, 2.24) is 0 Å². The van der Waals surface area contributed by atoms with Gasteiger partial charge in [0.25, 0.3) is 6.71 Å². The normalized spacial score (nSPS) is 16.9. The maximum atomic E-state index is 7.01. The number of hydrogen-bond donors (Lipinski definition) is 0. The van der Waals surface area contributed by atoms with Crippen molar-refractivity contribution in [1.29, 1.82) is 0 Å². The lowest BCUT2D eigenvalue weighted by atomic mass is 9.33. The zero-order valence-corrected chi connectivity index (χ0v) is 33.7. The van der Waals surface area contributed by atoms with E-state index >= 15 is 0 Å². The fourth-order valence-corrected chi connectivity index (χ4v) is 10.6. The van der Waals surface area contributed by atoms with Gasteiger partial charge in [-0.15, -0.1) is 0 Å². The highest BCUT2D eigenvalue weighted by Gasteiger charge is 2.47. The number of para-hydroxylation sites is 3. The molecule has 0 radical (unpaired) electrons. The number of fused-ring (bicyclic) bond motifs is 8. The first kappa shape index (κ1) is 34.3. The van der Waals surface area contributed by atoms with Crippen molar-refractivity contribution in [3.05, 3.63) is 174 Å². The molecule has 7 aromatic carbocycles. The second-order valence-electron chi connectivity index (χ2n) is 18.4. The molecule has 0 amide bonds. The molecule has 11 rings (SSSR count). The molecular formula is C53H47BN2O. The quantitative estimate of drug-likeness (QED) is 0.167. The lowest BCUT2D eigenvalue weighted by Crippen LogP contribution is -2.60. The molecule has 4 aliphatic rings. The van der Waals surface area contributed by atoms with Crippen LogP contribution in [0.4, 0.5) is 34.1 Å². The zero-order valence-electron chi connectivity index (χ0n) is 33.7. The minimum Gasteiger partial charge on any atom is -0.458 e. The van der Waals surface area contributed by atoms with E-state index in [4.69, 9.17) is 4.74 Å². The minimum atomic E-state index is -0.234. The molecule has 2 aliphatic heterocycles. The Bertz CT molecular complexity index is 2710. The second-order valence-corrected chi connectivity index (χ2v) is 18.4. The molecule has 4 heteroatoms. The Morgan fingerprint density at radius 2 is 1.09 bits per heavy atom. The highest BCUT2D eigenvalue weighted by molar-refractivity contribution is 6.99. The van der Waals surface area contributed by atoms with Crippen LogP contribution in [0.15, 0.2) is 152 Å². The van der Waals surface area contributed by atoms with E-state index in [9.17, 15) is 0 Å². The SMILES string of the molecule is CC1(C)CCC(C)(C)c2cc3c(cc21)Oc1cccc2c1B3c1cc3c(cc1N2c1ccccc1)-c1ccc(N(c2ccccc2)c2ccccc2)cc1C3(C)C. The van der Waals surface area contributed by atoms with Gasteiger partial charge in [-0.3, -0.25) is 0 Å². The summed E-state index contributed by atoms with van der Waals surface area (Å²) in [6.45, 7) is 14.5. The average molecular weight is 739 g/mol. The topological polar surface area (TPSA) is 15.7 Å². The maximum absolute atomic E-state index is 7.01. The van der Waals surface area contributed by atoms with Crippen LogP contribution in [0.3, 0.4) is 0 Å². The van der Waals surface area contributed by atoms with Gasteiger partial charge >= 0.3 is 0 Å². The molecule has 0 unspecified atom stereocenters. The van der Waals surface area contributed by atoms with E-state index < -0.39 is 0 Å². The maximum Gasteiger partial charge on any atom is 0.256 e. The van der Waals surface area contributed by atoms with Gasteiger partial charge in [-0.05, 0) is 146 Å². The molecule has 3 nitrogen and oxygen atoms in total. The van der Waals surface area contributed by atoms with Gasteiger partial charge in [0.05, 0.1) is 0 Å². The van der Waals surface area contributed by atoms with Crippen LogP contribution in [0.2, 0.25) is 0 Å². The third-order valence-corrected chi connectivity index (χ3v) is 13.7. The number of benzene rings is 7. The van der Waals surface area contributed by atoms with E-state index in [0.717, 1.165) is 34.2 Å². The first-order chi connectivity index (χ1) is 27.5. The Labute approximate surface area is 337 Å². The third kappa shape index (κ3) is 4.99. The minimum absolute atomic E-state index is 0.0353. The first-order valence-corrected chi connectivity index (χ1v) is 20.6. The molecule has 0 spiro atoms. The average Bonchev–Trinajstić information content (AvgIpc) is 3.44. The summed E-state index contributed by atoms with van der Waals surface area (Å²) < 4.78 is 7.01. The predicted octanol–water partition coefficient (Wildman–Crippen LogP) is 12.2. The molecule has 278 valence electrons. The number of anilines is 6. The molecule has 2 heterocycles. The van der Waals surface area contributed by atoms with Gasteiger partial charge in [0, 0.05) is 39.5 Å². The Morgan fingerprint density at radius 3 is 1.75 bits per heavy atom. The van der Waals surface area contributed by atoms with Gasteiger partial charge in [-0.1, -0.05) is 120 Å². The molecule has 0 atom stereocenters. The summed E-state index contributed by atoms with van der Waals surface area (Å²) in [6.07, 6.45) is 2.34. The molecule has 7 aromatic rings. The van der Waals surface area contributed by atoms with Crippen molar-refractivity contribution in [2.75, 3.05) is 9.80 Å². The summed E-state index contributed by atoms with van der Waals surface area (Å²) >= 11 is 0. The number of hydrogen-bond acceptors (Lipinski definition) is 3. The Hall–Kier alpha value is -6.00. The van der Waals surface area contributed by atoms with Crippen LogP contribution in [0.1, 0.15) is 76.6 Å². The van der Waals surface area contributed by atoms with E-state index in [1.807, 2.05) is 0 Å². The van der Waals surface area contributed by atoms with Crippen LogP contribution in [-0.4, -0.2) is 6.71 Å². The molecule has 0 N–H and O–H groups in total. The lowest BCUT2D eigenvalue weighted by molar-refractivity contribution is 0.330. The summed E-state index contributed by atoms with van der Waals surface area (Å²) in [4.78, 5) is 4.86. The second kappa shape index (κ2) is 12.0. The van der Waals surface area contributed by atoms with Crippen LogP contribution < -0.4 is 30.9 Å². The summed E-state index contributed by atoms with van der Waals surface area (Å²) in [5.41, 5.74) is 19.1. The van der Waals surface area contributed by atoms with Gasteiger partial charge in [-0.2, -0.15) is 0 Å². The predicted molar refractivity (Wildman–Crippen MR) is 240 cm³/mol. The Balaban J connectivity index is 1.14. The van der Waals surface area contributed by atoms with Crippen molar-refractivity contribution >= 4 is 57.2 Å². The fourth-order valence-electron chi connectivity index (χ4n) is 10.6. The number of nitrogens with zero attached hydrogens (tertiary/aromatic N) is 2. The van der Waals surface area contributed by atoms with E-state index in [1.165, 1.54) is 74.0 Å². The van der Waals surface area contributed by atoms with E-state index in [1.54, 1.807) is 0 Å². The third-order valence-electron chi connectivity index (χ3n) is 13.7. The van der Waals surface area contributed by atoms with Crippen molar-refractivity contribution < 1.29 is 4.74 Å². The molecule has 0 saturated carbocycles. The monoisotopic (exact) mass is 738 g/mol. The lowest BCUT2D eigenvalue weighted by Gasteiger charge is -2.44. The van der Waals surface area contributed by atoms with Crippen molar-refractivity contribution in [3.63, 3.8) is 0 Å². The molecule has 57 heavy (non-hydrogen) atoms. The van der Waals surface area contributed by atoms with Gasteiger partial charge < -0.3 is 14.5 Å². The van der Waals surface area contributed by atoms with E-state index in [0.29, 0.717) is 0 Å². The van der Waals surface area contributed by atoms with Gasteiger partial charge in [-0.25, -0.2) is 0 Å². The van der Waals surface area contributed by atoms with E-state index in [-0.39, 0.29) is 23.0 Å². The van der Waals surface area contributed by atoms with Gasteiger partial charge in [0.2, 0.25) is 0 Å². The largest absolute Gasteiger partial charge is 0.458 e. The van der Waals surface area contributed by atoms with Crippen LogP contribution in [-0.2, 0) is 16.2 Å². The van der Waals surface area contributed by atoms with Crippen LogP contribution in [0.25, 0.3) is 11.1 Å². The number of ether oxygens (including phenoxy) is 1. The highest BCUT2D eigenvalue weighted by atomic mass is 16.5. The molecule has 0 fully saturated rings. The fraction of sp³-hybridized carbons (Fsp3) is 0.208. The molecule has 0 saturated heterocycles. The highest BCUT2D eigenvalue weighted by Crippen LogP contribution is 2.54. The van der Waals surface area contributed by atoms with Crippen LogP contribution in [0, 0.1) is 0 Å². The van der Waals surface area contributed by atoms with Crippen LogP contribution in [0.5, 0.6) is 11.5 Å². The standard InChI is InChI=1S/C53H47BN2O/c1-51(2)27-28-52(3,4)43-33-49-45(32-42(43)51)54-44-31-41-39(30-47(44)56(36-21-14-9-15-22-36)46-23-16-24-48(57-49)50(46)54)38-26-25-37(29-40(38)53(41,5)6)55(34-17-10-7-11-18-34)35-19-12-8-13-20-35/h7-26,29-33H,27-28H2,1-6H3. The van der Waals surface area contributed by atoms with E-state index in [2.05, 4.69) is 203 Å². The smallest absolute Gasteiger partial charge is 0.256 e. The first-order valence-electron chi connectivity index (χ1n) is 20.6. The van der Waals surface area contributed by atoms with Crippen molar-refractivity contribution in [3.8, 4) is 22.6 Å². The van der Waals surface area contributed by atoms with Gasteiger partial charge in [0.15, 0.2) is 0 Å². The summed E-state index contributed by atoms with van der Waals surface area (Å²) in [5.74, 6) is 1.96. The summed E-state index contributed by atoms with van der Waals surface area (Å²) in [6, 6.07) is 56.1. The van der Waals surface area contributed by atoms with Crippen molar-refractivity contribution in [2.45, 2.75) is 70.6 Å². The molecule has 0 aromatic heterocycles. The number of rotatable bonds is 4.